The number of aromatic nitrogens is 2. The maximum absolute atomic E-state index is 5.37. The Hall–Kier alpha value is -1.40. The first-order chi connectivity index (χ1) is 8.28. The van der Waals surface area contributed by atoms with Crippen LogP contribution >= 0.6 is 15.9 Å². The van der Waals surface area contributed by atoms with E-state index in [-0.39, 0.29) is 0 Å². The van der Waals surface area contributed by atoms with Gasteiger partial charge in [-0.1, -0.05) is 33.2 Å². The first-order valence-corrected chi connectivity index (χ1v) is 6.02. The summed E-state index contributed by atoms with van der Waals surface area (Å²) in [4.78, 5) is 0. The number of nitrogens with one attached hydrogen (secondary N) is 2. The fraction of sp³-hybridized carbons (Fsp3) is 0.273. The van der Waals surface area contributed by atoms with Crippen molar-refractivity contribution in [1.82, 2.24) is 15.5 Å². The van der Waals surface area contributed by atoms with E-state index in [2.05, 4.69) is 36.8 Å². The van der Waals surface area contributed by atoms with Gasteiger partial charge in [0.15, 0.2) is 0 Å². The smallest absolute Gasteiger partial charge is 0.315 e. The molecule has 1 aromatic heterocycles. The van der Waals surface area contributed by atoms with Gasteiger partial charge < -0.3 is 15.1 Å². The molecule has 0 saturated heterocycles. The summed E-state index contributed by atoms with van der Waals surface area (Å²) in [6.07, 6.45) is 0. The summed E-state index contributed by atoms with van der Waals surface area (Å²) in [5, 5.41) is 13.8. The number of hydrogen-bond donors (Lipinski definition) is 2. The Morgan fingerprint density at radius 1 is 1.29 bits per heavy atom. The van der Waals surface area contributed by atoms with Crippen LogP contribution in [0.1, 0.15) is 11.5 Å². The molecule has 2 aromatic rings. The molecule has 1 aromatic carbocycles. The van der Waals surface area contributed by atoms with E-state index in [0.717, 1.165) is 10.0 Å². The molecule has 0 radical (unpaired) electrons. The highest BCUT2D eigenvalue weighted by Gasteiger charge is 2.04. The maximum Gasteiger partial charge on any atom is 0.315 e. The Bertz CT molecular complexity index is 486. The fourth-order valence-electron chi connectivity index (χ4n) is 1.37. The molecule has 90 valence electrons. The van der Waals surface area contributed by atoms with Gasteiger partial charge in [0.2, 0.25) is 5.89 Å². The topological polar surface area (TPSA) is 63.0 Å². The SMILES string of the molecule is CNCc1nnc(NCc2cccc(Br)c2)o1. The van der Waals surface area contributed by atoms with Crippen molar-refractivity contribution >= 4 is 21.9 Å². The van der Waals surface area contributed by atoms with E-state index < -0.39 is 0 Å². The van der Waals surface area contributed by atoms with E-state index in [4.69, 9.17) is 4.42 Å². The van der Waals surface area contributed by atoms with Gasteiger partial charge in [0.25, 0.3) is 0 Å². The Kier molecular flexibility index (Phi) is 4.11. The van der Waals surface area contributed by atoms with Gasteiger partial charge in [-0.2, -0.15) is 0 Å². The maximum atomic E-state index is 5.37. The molecule has 0 aliphatic carbocycles. The van der Waals surface area contributed by atoms with Gasteiger partial charge in [0.1, 0.15) is 0 Å². The zero-order chi connectivity index (χ0) is 12.1. The zero-order valence-corrected chi connectivity index (χ0v) is 11.0. The highest BCUT2D eigenvalue weighted by atomic mass is 79.9. The van der Waals surface area contributed by atoms with Crippen LogP contribution in [-0.2, 0) is 13.1 Å². The molecule has 0 atom stereocenters. The van der Waals surface area contributed by atoms with Gasteiger partial charge in [0, 0.05) is 11.0 Å². The summed E-state index contributed by atoms with van der Waals surface area (Å²) in [5.41, 5.74) is 1.15. The van der Waals surface area contributed by atoms with Crippen molar-refractivity contribution in [1.29, 1.82) is 0 Å². The van der Waals surface area contributed by atoms with Crippen molar-refractivity contribution in [2.75, 3.05) is 12.4 Å². The molecular weight excluding hydrogens is 284 g/mol. The summed E-state index contributed by atoms with van der Waals surface area (Å²) in [7, 11) is 1.83. The van der Waals surface area contributed by atoms with E-state index >= 15 is 0 Å². The highest BCUT2D eigenvalue weighted by Crippen LogP contribution is 2.13. The fourth-order valence-corrected chi connectivity index (χ4v) is 1.82. The molecule has 17 heavy (non-hydrogen) atoms. The number of benzene rings is 1. The van der Waals surface area contributed by atoms with Gasteiger partial charge in [-0.25, -0.2) is 0 Å². The number of rotatable bonds is 5. The zero-order valence-electron chi connectivity index (χ0n) is 9.40. The lowest BCUT2D eigenvalue weighted by Crippen LogP contribution is -2.04. The molecule has 6 heteroatoms. The van der Waals surface area contributed by atoms with Crippen LogP contribution in [-0.4, -0.2) is 17.2 Å². The minimum absolute atomic E-state index is 0.440. The van der Waals surface area contributed by atoms with E-state index in [0.29, 0.717) is 25.0 Å². The molecule has 0 aliphatic heterocycles. The van der Waals surface area contributed by atoms with Crippen molar-refractivity contribution in [3.05, 3.63) is 40.2 Å². The molecule has 0 amide bonds. The second-order valence-electron chi connectivity index (χ2n) is 3.51. The summed E-state index contributed by atoms with van der Waals surface area (Å²) in [6.45, 7) is 1.23. The average Bonchev–Trinajstić information content (AvgIpc) is 2.75. The van der Waals surface area contributed by atoms with E-state index in [9.17, 15) is 0 Å². The van der Waals surface area contributed by atoms with E-state index in [1.807, 2.05) is 31.3 Å². The largest absolute Gasteiger partial charge is 0.407 e. The Morgan fingerprint density at radius 3 is 2.94 bits per heavy atom. The first kappa shape index (κ1) is 12.1. The Morgan fingerprint density at radius 2 is 2.18 bits per heavy atom. The summed E-state index contributed by atoms with van der Waals surface area (Å²) >= 11 is 3.43. The highest BCUT2D eigenvalue weighted by molar-refractivity contribution is 9.10. The van der Waals surface area contributed by atoms with Crippen molar-refractivity contribution in [3.63, 3.8) is 0 Å². The Labute approximate surface area is 108 Å². The third-order valence-corrected chi connectivity index (χ3v) is 2.62. The third-order valence-electron chi connectivity index (χ3n) is 2.13. The predicted octanol–water partition coefficient (Wildman–Crippen LogP) is 2.16. The van der Waals surface area contributed by atoms with Crippen LogP contribution in [0, 0.1) is 0 Å². The van der Waals surface area contributed by atoms with Crippen LogP contribution in [0.3, 0.4) is 0 Å². The molecule has 0 spiro atoms. The number of anilines is 1. The Balaban J connectivity index is 1.93. The summed E-state index contributed by atoms with van der Waals surface area (Å²) in [5.74, 6) is 0.573. The molecular formula is C11H13BrN4O. The lowest BCUT2D eigenvalue weighted by atomic mass is 10.2. The van der Waals surface area contributed by atoms with Gasteiger partial charge >= 0.3 is 6.01 Å². The van der Waals surface area contributed by atoms with Gasteiger partial charge in [-0.15, -0.1) is 5.10 Å². The van der Waals surface area contributed by atoms with Crippen LogP contribution in [0.15, 0.2) is 33.2 Å². The molecule has 5 nitrogen and oxygen atoms in total. The molecule has 2 rings (SSSR count). The second kappa shape index (κ2) is 5.79. The summed E-state index contributed by atoms with van der Waals surface area (Å²) in [6, 6.07) is 8.48. The van der Waals surface area contributed by atoms with Crippen LogP contribution < -0.4 is 10.6 Å². The van der Waals surface area contributed by atoms with E-state index in [1.54, 1.807) is 0 Å². The lowest BCUT2D eigenvalue weighted by Gasteiger charge is -2.01. The summed E-state index contributed by atoms with van der Waals surface area (Å²) < 4.78 is 6.42. The predicted molar refractivity (Wildman–Crippen MR) is 68.5 cm³/mol. The van der Waals surface area contributed by atoms with Crippen LogP contribution in [0.2, 0.25) is 0 Å². The molecule has 0 aliphatic rings. The van der Waals surface area contributed by atoms with E-state index in [1.165, 1.54) is 0 Å². The van der Waals surface area contributed by atoms with Crippen LogP contribution in [0.5, 0.6) is 0 Å². The van der Waals surface area contributed by atoms with Crippen molar-refractivity contribution < 1.29 is 4.42 Å². The minimum Gasteiger partial charge on any atom is -0.407 e. The van der Waals surface area contributed by atoms with Gasteiger partial charge in [0.05, 0.1) is 6.54 Å². The van der Waals surface area contributed by atoms with Gasteiger partial charge in [-0.3, -0.25) is 0 Å². The molecule has 2 N–H and O–H groups in total. The molecule has 0 fully saturated rings. The number of nitrogens with zero attached hydrogens (tertiary/aromatic N) is 2. The van der Waals surface area contributed by atoms with Crippen molar-refractivity contribution in [2.24, 2.45) is 0 Å². The number of halogens is 1. The monoisotopic (exact) mass is 296 g/mol. The third kappa shape index (κ3) is 3.54. The molecule has 0 unspecified atom stereocenters. The van der Waals surface area contributed by atoms with Crippen LogP contribution in [0.25, 0.3) is 0 Å². The number of hydrogen-bond acceptors (Lipinski definition) is 5. The minimum atomic E-state index is 0.440. The molecule has 1 heterocycles. The molecule has 0 saturated carbocycles. The van der Waals surface area contributed by atoms with Crippen LogP contribution in [0.4, 0.5) is 6.01 Å². The second-order valence-corrected chi connectivity index (χ2v) is 4.43. The standard InChI is InChI=1S/C11H13BrN4O/c1-13-7-10-15-16-11(17-10)14-6-8-3-2-4-9(12)5-8/h2-5,13H,6-7H2,1H3,(H,14,16). The van der Waals surface area contributed by atoms with Crippen molar-refractivity contribution in [3.8, 4) is 0 Å². The molecule has 0 bridgehead atoms. The normalized spacial score (nSPS) is 10.5. The first-order valence-electron chi connectivity index (χ1n) is 5.23. The average molecular weight is 297 g/mol. The van der Waals surface area contributed by atoms with Crippen molar-refractivity contribution in [2.45, 2.75) is 13.1 Å². The quantitative estimate of drug-likeness (QED) is 0.885. The lowest BCUT2D eigenvalue weighted by molar-refractivity contribution is 0.489. The van der Waals surface area contributed by atoms with Gasteiger partial charge in [-0.05, 0) is 24.7 Å².